The van der Waals surface area contributed by atoms with Gasteiger partial charge < -0.3 is 10.4 Å². The summed E-state index contributed by atoms with van der Waals surface area (Å²) in [6.45, 7) is 0. The zero-order valence-electron chi connectivity index (χ0n) is 9.57. The molecule has 1 aromatic carbocycles. The highest BCUT2D eigenvalue weighted by Crippen LogP contribution is 2.45. The van der Waals surface area contributed by atoms with Crippen molar-refractivity contribution in [3.8, 4) is 0 Å². The first kappa shape index (κ1) is 11.3. The summed E-state index contributed by atoms with van der Waals surface area (Å²) in [6, 6.07) is 3.74. The maximum atomic E-state index is 13.3. The molecule has 1 aliphatic heterocycles. The summed E-state index contributed by atoms with van der Waals surface area (Å²) in [5, 5.41) is 13.1. The van der Waals surface area contributed by atoms with Crippen LogP contribution in [0.2, 0.25) is 0 Å². The molecule has 1 aromatic rings. The average molecular weight is 249 g/mol. The van der Waals surface area contributed by atoms with Gasteiger partial charge in [-0.2, -0.15) is 0 Å². The van der Waals surface area contributed by atoms with Gasteiger partial charge in [-0.3, -0.25) is 9.59 Å². The minimum atomic E-state index is -1.91. The van der Waals surface area contributed by atoms with Crippen molar-refractivity contribution in [2.45, 2.75) is 24.9 Å². The second-order valence-electron chi connectivity index (χ2n) is 4.82. The minimum Gasteiger partial charge on any atom is -0.375 e. The standard InChI is InChI=1S/C13H12FNO3/c14-7-4-5-10-9(6-7)13(18,12(17)15-10)8-2-1-3-11(8)16/h4-6,8,18H,1-3H2,(H,15,17). The van der Waals surface area contributed by atoms with Gasteiger partial charge in [0.05, 0.1) is 5.92 Å². The Hall–Kier alpha value is -1.75. The lowest BCUT2D eigenvalue weighted by Gasteiger charge is -2.26. The first-order valence-electron chi connectivity index (χ1n) is 5.90. The molecule has 2 unspecified atom stereocenters. The molecule has 0 saturated heterocycles. The molecule has 1 fully saturated rings. The van der Waals surface area contributed by atoms with Gasteiger partial charge >= 0.3 is 0 Å². The van der Waals surface area contributed by atoms with Crippen molar-refractivity contribution < 1.29 is 19.1 Å². The van der Waals surface area contributed by atoms with Crippen LogP contribution in [0.3, 0.4) is 0 Å². The van der Waals surface area contributed by atoms with E-state index in [0.29, 0.717) is 24.9 Å². The summed E-state index contributed by atoms with van der Waals surface area (Å²) in [4.78, 5) is 23.7. The maximum Gasteiger partial charge on any atom is 0.261 e. The largest absolute Gasteiger partial charge is 0.375 e. The number of rotatable bonds is 1. The monoisotopic (exact) mass is 249 g/mol. The van der Waals surface area contributed by atoms with E-state index in [-0.39, 0.29) is 11.3 Å². The summed E-state index contributed by atoms with van der Waals surface area (Å²) in [6.07, 6.45) is 1.48. The summed E-state index contributed by atoms with van der Waals surface area (Å²) in [5.74, 6) is -2.07. The number of ketones is 1. The number of carbonyl (C=O) groups is 2. The number of amides is 1. The van der Waals surface area contributed by atoms with E-state index in [1.165, 1.54) is 12.1 Å². The zero-order valence-corrected chi connectivity index (χ0v) is 9.57. The molecule has 4 nitrogen and oxygen atoms in total. The lowest BCUT2D eigenvalue weighted by Crippen LogP contribution is -2.43. The molecule has 0 spiro atoms. The summed E-state index contributed by atoms with van der Waals surface area (Å²) in [7, 11) is 0. The van der Waals surface area contributed by atoms with Gasteiger partial charge in [0.1, 0.15) is 11.6 Å². The first-order chi connectivity index (χ1) is 8.53. The number of Topliss-reactive ketones (excluding diaryl/α,β-unsaturated/α-hetero) is 1. The van der Waals surface area contributed by atoms with E-state index >= 15 is 0 Å². The SMILES string of the molecule is O=C1CCCC1C1(O)C(=O)Nc2ccc(F)cc21. The van der Waals surface area contributed by atoms with Crippen LogP contribution in [0.15, 0.2) is 18.2 Å². The van der Waals surface area contributed by atoms with Gasteiger partial charge in [0, 0.05) is 17.7 Å². The van der Waals surface area contributed by atoms with Gasteiger partial charge in [0.15, 0.2) is 5.60 Å². The van der Waals surface area contributed by atoms with E-state index in [1.54, 1.807) is 0 Å². The van der Waals surface area contributed by atoms with Gasteiger partial charge in [-0.25, -0.2) is 4.39 Å². The lowest BCUT2D eigenvalue weighted by atomic mass is 9.80. The van der Waals surface area contributed by atoms with E-state index in [4.69, 9.17) is 0 Å². The third kappa shape index (κ3) is 1.34. The molecule has 0 aromatic heterocycles. The van der Waals surface area contributed by atoms with E-state index in [0.717, 1.165) is 6.07 Å². The topological polar surface area (TPSA) is 66.4 Å². The molecule has 5 heteroatoms. The van der Waals surface area contributed by atoms with Crippen LogP contribution in [0.4, 0.5) is 10.1 Å². The van der Waals surface area contributed by atoms with Crippen LogP contribution in [0, 0.1) is 11.7 Å². The highest BCUT2D eigenvalue weighted by molar-refractivity contribution is 6.08. The van der Waals surface area contributed by atoms with Crippen LogP contribution < -0.4 is 5.32 Å². The summed E-state index contributed by atoms with van der Waals surface area (Å²) in [5.41, 5.74) is -1.36. The minimum absolute atomic E-state index is 0.134. The van der Waals surface area contributed by atoms with Crippen LogP contribution in [-0.2, 0) is 15.2 Å². The quantitative estimate of drug-likeness (QED) is 0.789. The molecule has 3 rings (SSSR count). The van der Waals surface area contributed by atoms with Crippen LogP contribution in [-0.4, -0.2) is 16.8 Å². The van der Waals surface area contributed by atoms with Crippen molar-refractivity contribution >= 4 is 17.4 Å². The number of carbonyl (C=O) groups excluding carboxylic acids is 2. The number of fused-ring (bicyclic) bond motifs is 1. The fraction of sp³-hybridized carbons (Fsp3) is 0.385. The average Bonchev–Trinajstić information content (AvgIpc) is 2.85. The van der Waals surface area contributed by atoms with E-state index in [1.807, 2.05) is 0 Å². The van der Waals surface area contributed by atoms with Crippen molar-refractivity contribution in [3.05, 3.63) is 29.6 Å². The highest BCUT2D eigenvalue weighted by atomic mass is 19.1. The molecule has 2 aliphatic rings. The third-order valence-corrected chi connectivity index (χ3v) is 3.80. The number of anilines is 1. The fourth-order valence-corrected chi connectivity index (χ4v) is 2.88. The van der Waals surface area contributed by atoms with Crippen LogP contribution in [0.25, 0.3) is 0 Å². The van der Waals surface area contributed by atoms with Crippen molar-refractivity contribution in [1.29, 1.82) is 0 Å². The van der Waals surface area contributed by atoms with Gasteiger partial charge in [-0.1, -0.05) is 0 Å². The molecule has 2 N–H and O–H groups in total. The highest BCUT2D eigenvalue weighted by Gasteiger charge is 2.54. The Morgan fingerprint density at radius 1 is 1.39 bits per heavy atom. The number of hydrogen-bond donors (Lipinski definition) is 2. The Kier molecular flexibility index (Phi) is 2.28. The molecule has 0 bridgehead atoms. The van der Waals surface area contributed by atoms with Gasteiger partial charge in [-0.05, 0) is 31.0 Å². The summed E-state index contributed by atoms with van der Waals surface area (Å²) >= 11 is 0. The van der Waals surface area contributed by atoms with Gasteiger partial charge in [-0.15, -0.1) is 0 Å². The molecule has 2 atom stereocenters. The second kappa shape index (κ2) is 3.62. The molecule has 1 aliphatic carbocycles. The van der Waals surface area contributed by atoms with Crippen LogP contribution in [0.5, 0.6) is 0 Å². The van der Waals surface area contributed by atoms with E-state index < -0.39 is 23.2 Å². The predicted octanol–water partition coefficient (Wildman–Crippen LogP) is 1.33. The predicted molar refractivity (Wildman–Crippen MR) is 61.3 cm³/mol. The maximum absolute atomic E-state index is 13.3. The van der Waals surface area contributed by atoms with Crippen molar-refractivity contribution in [1.82, 2.24) is 0 Å². The van der Waals surface area contributed by atoms with Crippen LogP contribution in [0.1, 0.15) is 24.8 Å². The molecular weight excluding hydrogens is 237 g/mol. The van der Waals surface area contributed by atoms with Crippen LogP contribution >= 0.6 is 0 Å². The molecular formula is C13H12FNO3. The molecule has 0 radical (unpaired) electrons. The molecule has 1 saturated carbocycles. The zero-order chi connectivity index (χ0) is 12.9. The van der Waals surface area contributed by atoms with Crippen molar-refractivity contribution in [2.75, 3.05) is 5.32 Å². The molecule has 1 amide bonds. The Morgan fingerprint density at radius 2 is 2.17 bits per heavy atom. The van der Waals surface area contributed by atoms with Gasteiger partial charge in [0.25, 0.3) is 5.91 Å². The second-order valence-corrected chi connectivity index (χ2v) is 4.82. The Bertz CT molecular complexity index is 557. The van der Waals surface area contributed by atoms with Crippen molar-refractivity contribution in [3.63, 3.8) is 0 Å². The number of hydrogen-bond acceptors (Lipinski definition) is 3. The molecule has 94 valence electrons. The van der Waals surface area contributed by atoms with E-state index in [2.05, 4.69) is 5.32 Å². The molecule has 1 heterocycles. The lowest BCUT2D eigenvalue weighted by molar-refractivity contribution is -0.146. The van der Waals surface area contributed by atoms with Gasteiger partial charge in [0.2, 0.25) is 0 Å². The number of aliphatic hydroxyl groups is 1. The number of benzene rings is 1. The Labute approximate surface area is 103 Å². The van der Waals surface area contributed by atoms with E-state index in [9.17, 15) is 19.1 Å². The first-order valence-corrected chi connectivity index (χ1v) is 5.90. The summed E-state index contributed by atoms with van der Waals surface area (Å²) < 4.78 is 13.3. The normalized spacial score (nSPS) is 30.4. The molecule has 18 heavy (non-hydrogen) atoms. The number of nitrogens with one attached hydrogen (secondary N) is 1. The Morgan fingerprint density at radius 3 is 2.83 bits per heavy atom. The third-order valence-electron chi connectivity index (χ3n) is 3.80. The fourth-order valence-electron chi connectivity index (χ4n) is 2.88. The smallest absolute Gasteiger partial charge is 0.261 e. The Balaban J connectivity index is 2.14. The van der Waals surface area contributed by atoms with Crippen molar-refractivity contribution in [2.24, 2.45) is 5.92 Å². The number of halogens is 1.